The molecule has 21 heavy (non-hydrogen) atoms. The van der Waals surface area contributed by atoms with Gasteiger partial charge in [-0.1, -0.05) is 23.4 Å². The van der Waals surface area contributed by atoms with E-state index in [1.165, 1.54) is 23.9 Å². The van der Waals surface area contributed by atoms with E-state index in [1.807, 2.05) is 0 Å². The lowest BCUT2D eigenvalue weighted by Gasteiger charge is -2.06. The predicted octanol–water partition coefficient (Wildman–Crippen LogP) is 2.65. The average molecular weight is 344 g/mol. The van der Waals surface area contributed by atoms with Crippen molar-refractivity contribution < 1.29 is 13.6 Å². The summed E-state index contributed by atoms with van der Waals surface area (Å²) in [6.45, 7) is 0. The van der Waals surface area contributed by atoms with Gasteiger partial charge >= 0.3 is 0 Å². The summed E-state index contributed by atoms with van der Waals surface area (Å²) >= 11 is 4.83. The molecule has 0 fully saturated rings. The highest BCUT2D eigenvalue weighted by atomic mass is 35.5. The molecule has 2 N–H and O–H groups in total. The van der Waals surface area contributed by atoms with Crippen LogP contribution in [0.5, 0.6) is 0 Å². The highest BCUT2D eigenvalue weighted by Crippen LogP contribution is 2.24. The van der Waals surface area contributed by atoms with Crippen LogP contribution in [0.1, 0.15) is 10.4 Å². The van der Waals surface area contributed by atoms with E-state index in [-0.39, 0.29) is 22.2 Å². The van der Waals surface area contributed by atoms with Crippen LogP contribution in [0.3, 0.4) is 0 Å². The average Bonchev–Trinajstić information content (AvgIpc) is 2.47. The van der Waals surface area contributed by atoms with E-state index >= 15 is 0 Å². The zero-order valence-electron chi connectivity index (χ0n) is 10.5. The largest absolute Gasteiger partial charge is 0.293 e. The van der Waals surface area contributed by atoms with Crippen LogP contribution in [-0.4, -0.2) is 30.3 Å². The van der Waals surface area contributed by atoms with Gasteiger partial charge in [-0.15, -0.1) is 0 Å². The van der Waals surface area contributed by atoms with E-state index in [2.05, 4.69) is 14.7 Å². The number of carbonyl (C=O) groups is 1. The van der Waals surface area contributed by atoms with Gasteiger partial charge in [0.15, 0.2) is 10.9 Å². The highest BCUT2D eigenvalue weighted by Gasteiger charge is 2.11. The zero-order valence-corrected chi connectivity index (χ0v) is 12.9. The third-order valence-electron chi connectivity index (χ3n) is 2.36. The lowest BCUT2D eigenvalue weighted by atomic mass is 10.1. The van der Waals surface area contributed by atoms with Gasteiger partial charge in [-0.05, 0) is 24.3 Å². The quantitative estimate of drug-likeness (QED) is 0.362. The van der Waals surface area contributed by atoms with Gasteiger partial charge in [0.2, 0.25) is 0 Å². The van der Waals surface area contributed by atoms with Gasteiger partial charge in [-0.25, -0.2) is 14.2 Å². The number of anilines is 1. The number of hydrogen-bond donors (Lipinski definition) is 2. The minimum absolute atomic E-state index is 0.157. The lowest BCUT2D eigenvalue weighted by Crippen LogP contribution is -2.06. The second kappa shape index (κ2) is 7.51. The number of aromatic nitrogens is 2. The topological polar surface area (TPSA) is 92.2 Å². The molecular weight excluding hydrogens is 334 g/mol. The third-order valence-corrected chi connectivity index (χ3v) is 3.96. The van der Waals surface area contributed by atoms with Gasteiger partial charge in [-0.3, -0.25) is 14.1 Å². The molecular formula is C12H10ClN3O3S2. The summed E-state index contributed by atoms with van der Waals surface area (Å²) in [6.07, 6.45) is 3.20. The number of thioether (sulfide) groups is 1. The number of hydrogen-bond acceptors (Lipinski definition) is 5. The number of nitrogens with zero attached hydrogens (tertiary/aromatic N) is 2. The van der Waals surface area contributed by atoms with E-state index < -0.39 is 11.3 Å². The van der Waals surface area contributed by atoms with Crippen molar-refractivity contribution >= 4 is 46.1 Å². The Morgan fingerprint density at radius 2 is 2.10 bits per heavy atom. The molecule has 9 heteroatoms. The van der Waals surface area contributed by atoms with Gasteiger partial charge < -0.3 is 0 Å². The van der Waals surface area contributed by atoms with Crippen LogP contribution in [-0.2, 0) is 11.3 Å². The number of benzene rings is 1. The molecule has 0 aliphatic rings. The Morgan fingerprint density at radius 3 is 2.76 bits per heavy atom. The molecule has 2 rings (SSSR count). The molecule has 2 aromatic rings. The molecule has 0 saturated heterocycles. The molecule has 0 amide bonds. The van der Waals surface area contributed by atoms with Crippen molar-refractivity contribution in [1.82, 2.24) is 9.97 Å². The van der Waals surface area contributed by atoms with Crippen molar-refractivity contribution in [2.24, 2.45) is 0 Å². The van der Waals surface area contributed by atoms with Crippen LogP contribution in [0.15, 0.2) is 41.8 Å². The van der Waals surface area contributed by atoms with Crippen molar-refractivity contribution in [1.29, 1.82) is 0 Å². The Kier molecular flexibility index (Phi) is 5.68. The molecule has 1 unspecified atom stereocenters. The maximum Gasteiger partial charge on any atom is 0.259 e. The molecule has 0 aliphatic carbocycles. The molecule has 1 aromatic heterocycles. The Labute approximate surface area is 132 Å². The van der Waals surface area contributed by atoms with Crippen LogP contribution < -0.4 is 4.72 Å². The monoisotopic (exact) mass is 343 g/mol. The van der Waals surface area contributed by atoms with Gasteiger partial charge in [-0.2, -0.15) is 0 Å². The maximum atomic E-state index is 12.1. The summed E-state index contributed by atoms with van der Waals surface area (Å²) in [5.74, 6) is 0.00344. The first-order chi connectivity index (χ1) is 10.1. The van der Waals surface area contributed by atoms with E-state index in [1.54, 1.807) is 24.5 Å². The zero-order chi connectivity index (χ0) is 15.2. The first-order valence-corrected chi connectivity index (χ1v) is 8.13. The Morgan fingerprint density at radius 1 is 1.38 bits per heavy atom. The second-order valence-electron chi connectivity index (χ2n) is 3.79. The van der Waals surface area contributed by atoms with Crippen molar-refractivity contribution in [3.63, 3.8) is 0 Å². The fourth-order valence-electron chi connectivity index (χ4n) is 1.44. The van der Waals surface area contributed by atoms with Crippen LogP contribution in [0, 0.1) is 0 Å². The molecule has 0 aliphatic heterocycles. The molecule has 1 aromatic carbocycles. The lowest BCUT2D eigenvalue weighted by molar-refractivity contribution is 0.102. The minimum Gasteiger partial charge on any atom is -0.293 e. The van der Waals surface area contributed by atoms with Crippen LogP contribution in [0.25, 0.3) is 0 Å². The summed E-state index contributed by atoms with van der Waals surface area (Å²) in [6, 6.07) is 6.18. The second-order valence-corrected chi connectivity index (χ2v) is 5.84. The fraction of sp³-hybridized carbons (Fsp3) is 0.0833. The molecule has 0 bridgehead atoms. The smallest absolute Gasteiger partial charge is 0.259 e. The maximum absolute atomic E-state index is 12.1. The number of nitrogens with one attached hydrogen (secondary N) is 1. The molecule has 110 valence electrons. The van der Waals surface area contributed by atoms with Gasteiger partial charge in [0.25, 0.3) is 11.3 Å². The highest BCUT2D eigenvalue weighted by molar-refractivity contribution is 7.99. The molecule has 1 heterocycles. The molecule has 0 spiro atoms. The van der Waals surface area contributed by atoms with Crippen LogP contribution >= 0.6 is 23.4 Å². The number of Topliss-reactive ketones (excluding diaryl/α,β-unsaturated/α-hetero) is 1. The van der Waals surface area contributed by atoms with Crippen molar-refractivity contribution in [2.75, 3.05) is 10.5 Å². The molecule has 0 radical (unpaired) electrons. The van der Waals surface area contributed by atoms with Crippen LogP contribution in [0.4, 0.5) is 5.69 Å². The third kappa shape index (κ3) is 4.78. The van der Waals surface area contributed by atoms with E-state index in [0.717, 1.165) is 0 Å². The summed E-state index contributed by atoms with van der Waals surface area (Å²) in [5.41, 5.74) is 0.611. The van der Waals surface area contributed by atoms with Gasteiger partial charge in [0.05, 0.1) is 16.5 Å². The number of carbonyl (C=O) groups excluding carboxylic acids is 1. The van der Waals surface area contributed by atoms with E-state index in [4.69, 9.17) is 16.2 Å². The van der Waals surface area contributed by atoms with Crippen molar-refractivity contribution in [3.8, 4) is 0 Å². The van der Waals surface area contributed by atoms with Gasteiger partial charge in [0, 0.05) is 18.0 Å². The molecule has 1 atom stereocenters. The fourth-order valence-corrected chi connectivity index (χ4v) is 2.72. The normalized spacial score (nSPS) is 11.9. The predicted molar refractivity (Wildman–Crippen MR) is 82.9 cm³/mol. The molecule has 6 nitrogen and oxygen atoms in total. The van der Waals surface area contributed by atoms with Gasteiger partial charge in [0.1, 0.15) is 0 Å². The van der Waals surface area contributed by atoms with Crippen LogP contribution in [0.2, 0.25) is 5.02 Å². The summed E-state index contributed by atoms with van der Waals surface area (Å²) in [4.78, 5) is 20.1. The van der Waals surface area contributed by atoms with Crippen molar-refractivity contribution in [2.45, 2.75) is 5.16 Å². The van der Waals surface area contributed by atoms with Crippen molar-refractivity contribution in [3.05, 3.63) is 47.2 Å². The Bertz CT molecular complexity index is 670. The number of ketones is 1. The summed E-state index contributed by atoms with van der Waals surface area (Å²) in [5, 5.41) is 0.766. The first kappa shape index (κ1) is 15.9. The first-order valence-electron chi connectivity index (χ1n) is 5.66. The van der Waals surface area contributed by atoms with E-state index in [0.29, 0.717) is 10.7 Å². The number of rotatable bonds is 6. The molecule has 0 saturated carbocycles. The Balaban J connectivity index is 2.07. The number of halogens is 1. The SMILES string of the molecule is O=C(CSc1ncccn1)c1ccc(Cl)c(NS(=O)O)c1. The summed E-state index contributed by atoms with van der Waals surface area (Å²) in [7, 11) is 0. The Hall–Kier alpha value is -1.48. The minimum atomic E-state index is -2.25. The van der Waals surface area contributed by atoms with E-state index in [9.17, 15) is 9.00 Å². The standard InChI is InChI=1S/C12H10ClN3O3S2/c13-9-3-2-8(6-10(9)16-21(18)19)11(17)7-20-12-14-4-1-5-15-12/h1-6,16H,7H2,(H,18,19). The summed E-state index contributed by atoms with van der Waals surface area (Å²) < 4.78 is 21.8.